The van der Waals surface area contributed by atoms with Gasteiger partial charge in [0.25, 0.3) is 5.56 Å². The molecule has 2 aliphatic heterocycles. The van der Waals surface area contributed by atoms with Crippen molar-refractivity contribution >= 4 is 10.9 Å². The van der Waals surface area contributed by atoms with Gasteiger partial charge in [0.1, 0.15) is 17.2 Å². The van der Waals surface area contributed by atoms with E-state index in [1.807, 2.05) is 29.1 Å². The second-order valence-electron chi connectivity index (χ2n) is 9.68. The van der Waals surface area contributed by atoms with Crippen LogP contribution in [0.2, 0.25) is 0 Å². The first-order valence-electron chi connectivity index (χ1n) is 12.5. The fourth-order valence-corrected chi connectivity index (χ4v) is 5.09. The summed E-state index contributed by atoms with van der Waals surface area (Å²) in [5.41, 5.74) is 4.48. The van der Waals surface area contributed by atoms with Crippen molar-refractivity contribution in [2.45, 2.75) is 45.8 Å². The maximum Gasteiger partial charge on any atom is 0.261 e. The van der Waals surface area contributed by atoms with E-state index < -0.39 is 0 Å². The van der Waals surface area contributed by atoms with E-state index in [0.717, 1.165) is 80.7 Å². The Kier molecular flexibility index (Phi) is 5.74. The van der Waals surface area contributed by atoms with Crippen LogP contribution in [0.4, 0.5) is 0 Å². The lowest BCUT2D eigenvalue weighted by Crippen LogP contribution is -2.39. The fourth-order valence-electron chi connectivity index (χ4n) is 5.09. The van der Waals surface area contributed by atoms with E-state index in [4.69, 9.17) is 14.8 Å². The van der Waals surface area contributed by atoms with Crippen molar-refractivity contribution in [2.24, 2.45) is 0 Å². The third-order valence-corrected chi connectivity index (χ3v) is 7.07. The Balaban J connectivity index is 1.39. The molecule has 5 heterocycles. The van der Waals surface area contributed by atoms with Gasteiger partial charge in [-0.05, 0) is 38.5 Å². The summed E-state index contributed by atoms with van der Waals surface area (Å²) in [6, 6.07) is 8.30. The molecule has 4 aromatic rings. The number of rotatable bonds is 6. The lowest BCUT2D eigenvalue weighted by molar-refractivity contribution is 0.0362. The third-order valence-electron chi connectivity index (χ3n) is 7.07. The van der Waals surface area contributed by atoms with Crippen molar-refractivity contribution in [1.82, 2.24) is 33.8 Å². The van der Waals surface area contributed by atoms with Crippen LogP contribution in [0.3, 0.4) is 0 Å². The maximum atomic E-state index is 13.4. The number of aromatic nitrogens is 6. The molecule has 0 atom stereocenters. The first kappa shape index (κ1) is 22.2. The van der Waals surface area contributed by atoms with Gasteiger partial charge in [0.15, 0.2) is 0 Å². The molecule has 0 N–H and O–H groups in total. The number of hydrogen-bond donors (Lipinski definition) is 0. The minimum Gasteiger partial charge on any atom is -0.379 e. The molecule has 9 nitrogen and oxygen atoms in total. The largest absolute Gasteiger partial charge is 0.379 e. The molecule has 35 heavy (non-hydrogen) atoms. The number of ether oxygens (including phenoxy) is 1. The molecule has 0 spiro atoms. The van der Waals surface area contributed by atoms with E-state index in [9.17, 15) is 4.79 Å². The number of hydrogen-bond acceptors (Lipinski definition) is 6. The number of fused-ring (bicyclic) bond motifs is 2. The summed E-state index contributed by atoms with van der Waals surface area (Å²) >= 11 is 0. The van der Waals surface area contributed by atoms with Gasteiger partial charge in [-0.15, -0.1) is 0 Å². The van der Waals surface area contributed by atoms with E-state index in [-0.39, 0.29) is 11.6 Å². The second-order valence-corrected chi connectivity index (χ2v) is 9.68. The summed E-state index contributed by atoms with van der Waals surface area (Å²) in [5.74, 6) is 1.09. The van der Waals surface area contributed by atoms with Gasteiger partial charge < -0.3 is 9.30 Å². The number of morpholine rings is 1. The second kappa shape index (κ2) is 9.05. The number of benzene rings is 1. The first-order chi connectivity index (χ1) is 17.1. The predicted molar refractivity (Wildman–Crippen MR) is 134 cm³/mol. The molecule has 0 unspecified atom stereocenters. The molecule has 1 fully saturated rings. The van der Waals surface area contributed by atoms with Gasteiger partial charge >= 0.3 is 0 Å². The van der Waals surface area contributed by atoms with E-state index in [1.165, 1.54) is 0 Å². The Labute approximate surface area is 204 Å². The zero-order chi connectivity index (χ0) is 23.9. The molecule has 6 rings (SSSR count). The van der Waals surface area contributed by atoms with Gasteiger partial charge in [-0.1, -0.05) is 6.07 Å². The van der Waals surface area contributed by atoms with Gasteiger partial charge in [0.05, 0.1) is 36.1 Å². The molecule has 1 saturated heterocycles. The summed E-state index contributed by atoms with van der Waals surface area (Å²) in [4.78, 5) is 25.3. The Hall–Kier alpha value is -3.30. The molecule has 9 heteroatoms. The predicted octanol–water partition coefficient (Wildman–Crippen LogP) is 2.98. The highest BCUT2D eigenvalue weighted by Crippen LogP contribution is 2.35. The molecule has 182 valence electrons. The molecule has 2 aliphatic rings. The topological polar surface area (TPSA) is 83.0 Å². The van der Waals surface area contributed by atoms with Crippen molar-refractivity contribution in [3.63, 3.8) is 0 Å². The Morgan fingerprint density at radius 2 is 1.94 bits per heavy atom. The highest BCUT2D eigenvalue weighted by atomic mass is 16.5. The average Bonchev–Trinajstić information content (AvgIpc) is 3.60. The highest BCUT2D eigenvalue weighted by Gasteiger charge is 2.25. The van der Waals surface area contributed by atoms with Gasteiger partial charge in [0.2, 0.25) is 0 Å². The standard InChI is InChI=1S/C26H31N7O2/c1-18(2)33-9-7-22(29-33)24-25(32-8-3-4-23(32)28-24)19-5-6-21-20(16-19)26(34)31(17-27-21)11-10-30-12-14-35-15-13-30/h5-7,9,16-18H,3-4,8,10-15H2,1-2H3. The van der Waals surface area contributed by atoms with Crippen molar-refractivity contribution in [2.75, 3.05) is 32.8 Å². The van der Waals surface area contributed by atoms with Crippen molar-refractivity contribution in [3.8, 4) is 22.6 Å². The number of imidazole rings is 1. The molecule has 0 bridgehead atoms. The van der Waals surface area contributed by atoms with Crippen LogP contribution in [-0.4, -0.2) is 66.6 Å². The van der Waals surface area contributed by atoms with Crippen LogP contribution < -0.4 is 5.56 Å². The third kappa shape index (κ3) is 4.08. The quantitative estimate of drug-likeness (QED) is 0.428. The Morgan fingerprint density at radius 1 is 1.09 bits per heavy atom. The maximum absolute atomic E-state index is 13.4. The van der Waals surface area contributed by atoms with Gasteiger partial charge in [-0.25, -0.2) is 9.97 Å². The molecule has 0 saturated carbocycles. The lowest BCUT2D eigenvalue weighted by Gasteiger charge is -2.26. The zero-order valence-corrected chi connectivity index (χ0v) is 20.4. The monoisotopic (exact) mass is 473 g/mol. The van der Waals surface area contributed by atoms with Crippen LogP contribution in [0.1, 0.15) is 32.1 Å². The molecular weight excluding hydrogens is 442 g/mol. The summed E-state index contributed by atoms with van der Waals surface area (Å²) < 4.78 is 11.4. The molecule has 0 aliphatic carbocycles. The summed E-state index contributed by atoms with van der Waals surface area (Å²) in [6.07, 6.45) is 5.72. The highest BCUT2D eigenvalue weighted by molar-refractivity contribution is 5.86. The van der Waals surface area contributed by atoms with Crippen LogP contribution in [0.5, 0.6) is 0 Å². The summed E-state index contributed by atoms with van der Waals surface area (Å²) in [6.45, 7) is 9.90. The molecule has 0 radical (unpaired) electrons. The Bertz CT molecular complexity index is 1430. The molecule has 1 aromatic carbocycles. The van der Waals surface area contributed by atoms with E-state index in [1.54, 1.807) is 10.9 Å². The molecule has 0 amide bonds. The normalized spacial score (nSPS) is 16.4. The Morgan fingerprint density at radius 3 is 2.74 bits per heavy atom. The zero-order valence-electron chi connectivity index (χ0n) is 20.4. The van der Waals surface area contributed by atoms with Crippen LogP contribution in [0, 0.1) is 0 Å². The average molecular weight is 474 g/mol. The molecule has 3 aromatic heterocycles. The van der Waals surface area contributed by atoms with Gasteiger partial charge in [0, 0.05) is 56.9 Å². The van der Waals surface area contributed by atoms with Crippen LogP contribution in [0.15, 0.2) is 41.6 Å². The first-order valence-corrected chi connectivity index (χ1v) is 12.5. The van der Waals surface area contributed by atoms with Gasteiger partial charge in [-0.2, -0.15) is 5.10 Å². The summed E-state index contributed by atoms with van der Waals surface area (Å²) in [7, 11) is 0. The van der Waals surface area contributed by atoms with Gasteiger partial charge in [-0.3, -0.25) is 18.9 Å². The smallest absolute Gasteiger partial charge is 0.261 e. The minimum absolute atomic E-state index is 0.00286. The summed E-state index contributed by atoms with van der Waals surface area (Å²) in [5, 5.41) is 5.43. The number of aryl methyl sites for hydroxylation is 1. The van der Waals surface area contributed by atoms with Crippen LogP contribution in [-0.2, 0) is 24.2 Å². The van der Waals surface area contributed by atoms with Crippen molar-refractivity contribution < 1.29 is 4.74 Å². The van der Waals surface area contributed by atoms with E-state index in [0.29, 0.717) is 17.4 Å². The van der Waals surface area contributed by atoms with E-state index >= 15 is 0 Å². The fraction of sp³-hybridized carbons (Fsp3) is 0.462. The lowest BCUT2D eigenvalue weighted by atomic mass is 10.1. The SMILES string of the molecule is CC(C)n1ccc(-c2nc3n(c2-c2ccc4ncn(CCN5CCOCC5)c(=O)c4c2)CCC3)n1. The van der Waals surface area contributed by atoms with E-state index in [2.05, 4.69) is 34.4 Å². The minimum atomic E-state index is -0.00286. The molecular formula is C26H31N7O2. The van der Waals surface area contributed by atoms with Crippen molar-refractivity contribution in [3.05, 3.63) is 53.0 Å². The van der Waals surface area contributed by atoms with Crippen LogP contribution >= 0.6 is 0 Å². The van der Waals surface area contributed by atoms with Crippen molar-refractivity contribution in [1.29, 1.82) is 0 Å². The van der Waals surface area contributed by atoms with Crippen LogP contribution in [0.25, 0.3) is 33.5 Å². The number of nitrogens with zero attached hydrogens (tertiary/aromatic N) is 7.